The van der Waals surface area contributed by atoms with Crippen molar-refractivity contribution >= 4 is 41.8 Å². The van der Waals surface area contributed by atoms with Crippen molar-refractivity contribution in [2.75, 3.05) is 4.90 Å². The van der Waals surface area contributed by atoms with Gasteiger partial charge in [0.25, 0.3) is 0 Å². The molecule has 1 saturated heterocycles. The summed E-state index contributed by atoms with van der Waals surface area (Å²) in [5.74, 6) is 0. The van der Waals surface area contributed by atoms with Gasteiger partial charge in [0.15, 0.2) is 0 Å². The van der Waals surface area contributed by atoms with Crippen molar-refractivity contribution in [1.82, 2.24) is 0 Å². The summed E-state index contributed by atoms with van der Waals surface area (Å²) in [4.78, 5) is 2.27. The van der Waals surface area contributed by atoms with Crippen LogP contribution in [0.1, 0.15) is 38.8 Å². The normalized spacial score (nSPS) is 16.4. The zero-order chi connectivity index (χ0) is 25.2. The molecule has 1 heterocycles. The van der Waals surface area contributed by atoms with Gasteiger partial charge < -0.3 is 14.2 Å². The van der Waals surface area contributed by atoms with Crippen molar-refractivity contribution in [2.45, 2.75) is 38.9 Å². The van der Waals surface area contributed by atoms with Crippen LogP contribution < -0.4 is 10.4 Å². The lowest BCUT2D eigenvalue weighted by Crippen LogP contribution is -2.41. The standard InChI is InChI=1S/C32H32BNO2/c1-31(2)32(3,4)36-33(35-31)27-21-17-25(18-22-27)15-16-26-19-23-30(24-20-26)34(28-11-7-5-8-12-28)29-13-9-6-10-14-29/h5-24H,1-4H3/b16-15+. The summed E-state index contributed by atoms with van der Waals surface area (Å²) in [6.45, 7) is 8.31. The number of hydrogen-bond donors (Lipinski definition) is 0. The maximum Gasteiger partial charge on any atom is 0.494 e. The van der Waals surface area contributed by atoms with Gasteiger partial charge in [0, 0.05) is 17.1 Å². The van der Waals surface area contributed by atoms with E-state index in [1.807, 2.05) is 12.1 Å². The van der Waals surface area contributed by atoms with E-state index < -0.39 is 0 Å². The summed E-state index contributed by atoms with van der Waals surface area (Å²) in [5.41, 5.74) is 6.04. The van der Waals surface area contributed by atoms with E-state index in [4.69, 9.17) is 9.31 Å². The Morgan fingerprint density at radius 1 is 0.528 bits per heavy atom. The molecule has 1 aliphatic heterocycles. The molecule has 180 valence electrons. The lowest BCUT2D eigenvalue weighted by Gasteiger charge is -2.32. The third-order valence-corrected chi connectivity index (χ3v) is 7.11. The number of nitrogens with zero attached hydrogens (tertiary/aromatic N) is 1. The Bertz CT molecular complexity index is 1260. The minimum atomic E-state index is -0.335. The summed E-state index contributed by atoms with van der Waals surface area (Å²) < 4.78 is 12.3. The highest BCUT2D eigenvalue weighted by Crippen LogP contribution is 2.37. The Hall–Kier alpha value is -3.60. The minimum absolute atomic E-state index is 0.334. The molecule has 0 bridgehead atoms. The van der Waals surface area contributed by atoms with E-state index in [9.17, 15) is 0 Å². The molecule has 1 aliphatic rings. The van der Waals surface area contributed by atoms with Crippen molar-refractivity contribution < 1.29 is 9.31 Å². The minimum Gasteiger partial charge on any atom is -0.399 e. The van der Waals surface area contributed by atoms with E-state index in [0.717, 1.165) is 33.7 Å². The number of anilines is 3. The average molecular weight is 473 g/mol. The average Bonchev–Trinajstić information content (AvgIpc) is 3.12. The Morgan fingerprint density at radius 2 is 0.917 bits per heavy atom. The molecule has 0 spiro atoms. The van der Waals surface area contributed by atoms with Crippen LogP contribution in [0.3, 0.4) is 0 Å². The van der Waals surface area contributed by atoms with Crippen LogP contribution in [0.15, 0.2) is 109 Å². The van der Waals surface area contributed by atoms with Crippen molar-refractivity contribution in [2.24, 2.45) is 0 Å². The Labute approximate surface area is 215 Å². The van der Waals surface area contributed by atoms with Gasteiger partial charge in [-0.3, -0.25) is 0 Å². The largest absolute Gasteiger partial charge is 0.494 e. The molecule has 0 aliphatic carbocycles. The molecule has 0 N–H and O–H groups in total. The van der Waals surface area contributed by atoms with Gasteiger partial charge in [0.2, 0.25) is 0 Å². The Kier molecular flexibility index (Phi) is 6.57. The molecule has 0 unspecified atom stereocenters. The van der Waals surface area contributed by atoms with Gasteiger partial charge in [0.05, 0.1) is 11.2 Å². The molecular weight excluding hydrogens is 441 g/mol. The van der Waals surface area contributed by atoms with E-state index in [1.165, 1.54) is 0 Å². The topological polar surface area (TPSA) is 21.7 Å². The van der Waals surface area contributed by atoms with Gasteiger partial charge in [-0.05, 0) is 80.7 Å². The fourth-order valence-electron chi connectivity index (χ4n) is 4.27. The Balaban J connectivity index is 1.31. The second kappa shape index (κ2) is 9.81. The molecule has 3 nitrogen and oxygen atoms in total. The van der Waals surface area contributed by atoms with Crippen LogP contribution in [0.5, 0.6) is 0 Å². The molecule has 0 atom stereocenters. The summed E-state index contributed by atoms with van der Waals surface area (Å²) in [6.07, 6.45) is 4.28. The summed E-state index contributed by atoms with van der Waals surface area (Å²) in [5, 5.41) is 0. The number of para-hydroxylation sites is 2. The molecule has 4 aromatic rings. The SMILES string of the molecule is CC1(C)OB(c2ccc(/C=C/c3ccc(N(c4ccccc4)c4ccccc4)cc3)cc2)OC1(C)C. The van der Waals surface area contributed by atoms with Crippen LogP contribution in [0.2, 0.25) is 0 Å². The zero-order valence-electron chi connectivity index (χ0n) is 21.4. The van der Waals surface area contributed by atoms with Crippen LogP contribution in [0.25, 0.3) is 12.2 Å². The zero-order valence-corrected chi connectivity index (χ0v) is 21.4. The molecule has 1 fully saturated rings. The van der Waals surface area contributed by atoms with Crippen LogP contribution in [0.4, 0.5) is 17.1 Å². The number of rotatable bonds is 6. The van der Waals surface area contributed by atoms with E-state index in [1.54, 1.807) is 0 Å². The third-order valence-electron chi connectivity index (χ3n) is 7.11. The fourth-order valence-corrected chi connectivity index (χ4v) is 4.27. The lowest BCUT2D eigenvalue weighted by molar-refractivity contribution is 0.00578. The van der Waals surface area contributed by atoms with Gasteiger partial charge in [-0.15, -0.1) is 0 Å². The monoisotopic (exact) mass is 473 g/mol. The molecule has 5 rings (SSSR count). The molecule has 0 radical (unpaired) electrons. The first-order valence-electron chi connectivity index (χ1n) is 12.5. The second-order valence-corrected chi connectivity index (χ2v) is 10.2. The van der Waals surface area contributed by atoms with Gasteiger partial charge in [-0.25, -0.2) is 0 Å². The smallest absolute Gasteiger partial charge is 0.399 e. The molecule has 4 aromatic carbocycles. The highest BCUT2D eigenvalue weighted by atomic mass is 16.7. The predicted octanol–water partition coefficient (Wildman–Crippen LogP) is 7.63. The maximum atomic E-state index is 6.17. The molecule has 0 aromatic heterocycles. The summed E-state index contributed by atoms with van der Waals surface area (Å²) in [6, 6.07) is 37.9. The first-order valence-corrected chi connectivity index (χ1v) is 12.5. The molecule has 0 saturated carbocycles. The van der Waals surface area contributed by atoms with Gasteiger partial charge >= 0.3 is 7.12 Å². The second-order valence-electron chi connectivity index (χ2n) is 10.2. The van der Waals surface area contributed by atoms with Crippen LogP contribution in [0, 0.1) is 0 Å². The van der Waals surface area contributed by atoms with Crippen LogP contribution in [-0.4, -0.2) is 18.3 Å². The van der Waals surface area contributed by atoms with E-state index >= 15 is 0 Å². The van der Waals surface area contributed by atoms with Crippen LogP contribution >= 0.6 is 0 Å². The fraction of sp³-hybridized carbons (Fsp3) is 0.188. The van der Waals surface area contributed by atoms with E-state index in [2.05, 4.69) is 142 Å². The highest BCUT2D eigenvalue weighted by Gasteiger charge is 2.51. The first-order chi connectivity index (χ1) is 17.3. The summed E-state index contributed by atoms with van der Waals surface area (Å²) >= 11 is 0. The maximum absolute atomic E-state index is 6.17. The van der Waals surface area contributed by atoms with Crippen molar-refractivity contribution in [3.63, 3.8) is 0 Å². The number of benzene rings is 4. The van der Waals surface area contributed by atoms with E-state index in [-0.39, 0.29) is 18.3 Å². The number of hydrogen-bond acceptors (Lipinski definition) is 3. The lowest BCUT2D eigenvalue weighted by atomic mass is 9.79. The van der Waals surface area contributed by atoms with E-state index in [0.29, 0.717) is 0 Å². The van der Waals surface area contributed by atoms with Crippen molar-refractivity contribution in [3.05, 3.63) is 120 Å². The highest BCUT2D eigenvalue weighted by molar-refractivity contribution is 6.62. The van der Waals surface area contributed by atoms with Crippen molar-refractivity contribution in [1.29, 1.82) is 0 Å². The Morgan fingerprint density at radius 3 is 1.36 bits per heavy atom. The summed E-state index contributed by atoms with van der Waals surface area (Å²) in [7, 11) is -0.335. The molecule has 4 heteroatoms. The van der Waals surface area contributed by atoms with Gasteiger partial charge in [0.1, 0.15) is 0 Å². The van der Waals surface area contributed by atoms with Crippen LogP contribution in [-0.2, 0) is 9.31 Å². The van der Waals surface area contributed by atoms with Gasteiger partial charge in [-0.2, -0.15) is 0 Å². The first kappa shape index (κ1) is 24.1. The quantitative estimate of drug-likeness (QED) is 0.212. The third kappa shape index (κ3) is 5.01. The van der Waals surface area contributed by atoms with Gasteiger partial charge in [-0.1, -0.05) is 84.9 Å². The predicted molar refractivity (Wildman–Crippen MR) is 152 cm³/mol. The van der Waals surface area contributed by atoms with Crippen molar-refractivity contribution in [3.8, 4) is 0 Å². The molecular formula is C32H32BNO2. The molecule has 36 heavy (non-hydrogen) atoms. The molecule has 0 amide bonds.